The van der Waals surface area contributed by atoms with Gasteiger partial charge in [0.25, 0.3) is 0 Å². The van der Waals surface area contributed by atoms with Gasteiger partial charge in [-0.1, -0.05) is 18.3 Å². The Morgan fingerprint density at radius 2 is 2.18 bits per heavy atom. The van der Waals surface area contributed by atoms with Gasteiger partial charge < -0.3 is 10.5 Å². The topological polar surface area (TPSA) is 61.0 Å². The van der Waals surface area contributed by atoms with E-state index in [4.69, 9.17) is 10.5 Å². The number of aryl methyl sites for hydroxylation is 1. The smallest absolute Gasteiger partial charge is 0.147 e. The SMILES string of the molecule is CCc1cc(-c2nnc(CN)s2)ccc1OC. The van der Waals surface area contributed by atoms with Crippen LogP contribution in [0.1, 0.15) is 17.5 Å². The lowest BCUT2D eigenvalue weighted by molar-refractivity contribution is 0.410. The Kier molecular flexibility index (Phi) is 3.71. The van der Waals surface area contributed by atoms with Crippen LogP contribution < -0.4 is 10.5 Å². The minimum Gasteiger partial charge on any atom is -0.496 e. The molecule has 2 rings (SSSR count). The molecule has 0 amide bonds. The average Bonchev–Trinajstić information content (AvgIpc) is 2.86. The molecular weight excluding hydrogens is 234 g/mol. The van der Waals surface area contributed by atoms with Crippen LogP contribution in [0.15, 0.2) is 18.2 Å². The lowest BCUT2D eigenvalue weighted by atomic mass is 10.1. The summed E-state index contributed by atoms with van der Waals surface area (Å²) in [4.78, 5) is 0. The van der Waals surface area contributed by atoms with Crippen LogP contribution in [0.3, 0.4) is 0 Å². The van der Waals surface area contributed by atoms with Crippen LogP contribution in [0, 0.1) is 0 Å². The maximum atomic E-state index is 5.53. The Hall–Kier alpha value is -1.46. The molecule has 0 saturated carbocycles. The average molecular weight is 249 g/mol. The number of rotatable bonds is 4. The van der Waals surface area contributed by atoms with E-state index in [1.807, 2.05) is 12.1 Å². The first kappa shape index (κ1) is 12.0. The van der Waals surface area contributed by atoms with E-state index < -0.39 is 0 Å². The Morgan fingerprint density at radius 3 is 2.76 bits per heavy atom. The van der Waals surface area contributed by atoms with Crippen LogP contribution in [0.2, 0.25) is 0 Å². The number of nitrogens with two attached hydrogens (primary N) is 1. The summed E-state index contributed by atoms with van der Waals surface area (Å²) in [5.41, 5.74) is 7.78. The molecular formula is C12H15N3OS. The quantitative estimate of drug-likeness (QED) is 0.902. The van der Waals surface area contributed by atoms with E-state index in [0.29, 0.717) is 6.54 Å². The van der Waals surface area contributed by atoms with Gasteiger partial charge in [0.15, 0.2) is 0 Å². The normalized spacial score (nSPS) is 10.5. The Balaban J connectivity index is 2.38. The second-order valence-electron chi connectivity index (χ2n) is 3.59. The Labute approximate surface area is 104 Å². The molecule has 1 aromatic heterocycles. The van der Waals surface area contributed by atoms with E-state index >= 15 is 0 Å². The zero-order valence-corrected chi connectivity index (χ0v) is 10.8. The first-order valence-corrected chi connectivity index (χ1v) is 6.29. The molecule has 0 radical (unpaired) electrons. The third-order valence-electron chi connectivity index (χ3n) is 2.55. The number of aromatic nitrogens is 2. The summed E-state index contributed by atoms with van der Waals surface area (Å²) in [5, 5.41) is 9.92. The fraction of sp³-hybridized carbons (Fsp3) is 0.333. The molecule has 0 aliphatic rings. The first-order valence-electron chi connectivity index (χ1n) is 5.48. The van der Waals surface area contributed by atoms with Gasteiger partial charge in [-0.25, -0.2) is 0 Å². The molecule has 0 aliphatic heterocycles. The summed E-state index contributed by atoms with van der Waals surface area (Å²) in [7, 11) is 1.69. The van der Waals surface area contributed by atoms with Crippen molar-refractivity contribution < 1.29 is 4.74 Å². The zero-order chi connectivity index (χ0) is 12.3. The van der Waals surface area contributed by atoms with Gasteiger partial charge in [-0.2, -0.15) is 0 Å². The molecule has 0 aliphatic carbocycles. The molecule has 1 aromatic carbocycles. The molecule has 0 saturated heterocycles. The van der Waals surface area contributed by atoms with Crippen LogP contribution in [0.25, 0.3) is 10.6 Å². The van der Waals surface area contributed by atoms with E-state index in [1.165, 1.54) is 16.9 Å². The fourth-order valence-corrected chi connectivity index (χ4v) is 2.36. The molecule has 90 valence electrons. The molecule has 0 atom stereocenters. The Bertz CT molecular complexity index is 510. The van der Waals surface area contributed by atoms with Crippen molar-refractivity contribution in [3.63, 3.8) is 0 Å². The van der Waals surface area contributed by atoms with Crippen molar-refractivity contribution in [2.75, 3.05) is 7.11 Å². The van der Waals surface area contributed by atoms with Crippen LogP contribution in [-0.4, -0.2) is 17.3 Å². The number of benzene rings is 1. The minimum absolute atomic E-state index is 0.439. The van der Waals surface area contributed by atoms with Gasteiger partial charge >= 0.3 is 0 Å². The number of nitrogens with zero attached hydrogens (tertiary/aromatic N) is 2. The van der Waals surface area contributed by atoms with Crippen molar-refractivity contribution in [3.05, 3.63) is 28.8 Å². The number of ether oxygens (including phenoxy) is 1. The lowest BCUT2D eigenvalue weighted by Crippen LogP contribution is -1.94. The zero-order valence-electron chi connectivity index (χ0n) is 9.93. The second kappa shape index (κ2) is 5.25. The highest BCUT2D eigenvalue weighted by Gasteiger charge is 2.08. The highest BCUT2D eigenvalue weighted by molar-refractivity contribution is 7.14. The van der Waals surface area contributed by atoms with Gasteiger partial charge in [-0.05, 0) is 30.2 Å². The van der Waals surface area contributed by atoms with Crippen LogP contribution in [-0.2, 0) is 13.0 Å². The van der Waals surface area contributed by atoms with Crippen molar-refractivity contribution in [2.24, 2.45) is 5.73 Å². The van der Waals surface area contributed by atoms with E-state index in [-0.39, 0.29) is 0 Å². The van der Waals surface area contributed by atoms with Crippen molar-refractivity contribution in [3.8, 4) is 16.3 Å². The predicted octanol–water partition coefficient (Wildman–Crippen LogP) is 2.23. The standard InChI is InChI=1S/C12H15N3OS/c1-3-8-6-9(4-5-10(8)16-2)12-15-14-11(7-13)17-12/h4-6H,3,7,13H2,1-2H3. The van der Waals surface area contributed by atoms with E-state index in [9.17, 15) is 0 Å². The van der Waals surface area contributed by atoms with Gasteiger partial charge in [0, 0.05) is 12.1 Å². The lowest BCUT2D eigenvalue weighted by Gasteiger charge is -2.07. The van der Waals surface area contributed by atoms with E-state index in [2.05, 4.69) is 23.2 Å². The summed E-state index contributed by atoms with van der Waals surface area (Å²) < 4.78 is 5.30. The number of hydrogen-bond acceptors (Lipinski definition) is 5. The summed E-state index contributed by atoms with van der Waals surface area (Å²) >= 11 is 1.53. The number of hydrogen-bond donors (Lipinski definition) is 1. The van der Waals surface area contributed by atoms with Gasteiger partial charge in [0.2, 0.25) is 0 Å². The molecule has 2 N–H and O–H groups in total. The third-order valence-corrected chi connectivity index (χ3v) is 3.54. The predicted molar refractivity (Wildman–Crippen MR) is 69.2 cm³/mol. The monoisotopic (exact) mass is 249 g/mol. The molecule has 0 spiro atoms. The fourth-order valence-electron chi connectivity index (χ4n) is 1.64. The Morgan fingerprint density at radius 1 is 1.35 bits per heavy atom. The minimum atomic E-state index is 0.439. The highest BCUT2D eigenvalue weighted by atomic mass is 32.1. The van der Waals surface area contributed by atoms with Crippen molar-refractivity contribution in [1.29, 1.82) is 0 Å². The second-order valence-corrected chi connectivity index (χ2v) is 4.65. The van der Waals surface area contributed by atoms with Crippen molar-refractivity contribution in [1.82, 2.24) is 10.2 Å². The molecule has 4 nitrogen and oxygen atoms in total. The van der Waals surface area contributed by atoms with Gasteiger partial charge in [-0.3, -0.25) is 0 Å². The largest absolute Gasteiger partial charge is 0.496 e. The van der Waals surface area contributed by atoms with Crippen molar-refractivity contribution in [2.45, 2.75) is 19.9 Å². The molecule has 17 heavy (non-hydrogen) atoms. The molecule has 1 heterocycles. The molecule has 5 heteroatoms. The van der Waals surface area contributed by atoms with E-state index in [0.717, 1.165) is 27.7 Å². The summed E-state index contributed by atoms with van der Waals surface area (Å²) in [6.07, 6.45) is 0.930. The molecule has 0 unspecified atom stereocenters. The molecule has 0 fully saturated rings. The summed E-state index contributed by atoms with van der Waals surface area (Å²) in [5.74, 6) is 0.916. The maximum Gasteiger partial charge on any atom is 0.147 e. The maximum absolute atomic E-state index is 5.53. The summed E-state index contributed by atoms with van der Waals surface area (Å²) in [6, 6.07) is 6.07. The van der Waals surface area contributed by atoms with Crippen molar-refractivity contribution >= 4 is 11.3 Å². The van der Waals surface area contributed by atoms with Crippen LogP contribution >= 0.6 is 11.3 Å². The molecule has 0 bridgehead atoms. The van der Waals surface area contributed by atoms with Gasteiger partial charge in [0.05, 0.1) is 7.11 Å². The van der Waals surface area contributed by atoms with Gasteiger partial charge in [-0.15, -0.1) is 10.2 Å². The first-order chi connectivity index (χ1) is 8.28. The van der Waals surface area contributed by atoms with E-state index in [1.54, 1.807) is 7.11 Å². The van der Waals surface area contributed by atoms with Crippen LogP contribution in [0.5, 0.6) is 5.75 Å². The molecule has 2 aromatic rings. The van der Waals surface area contributed by atoms with Crippen LogP contribution in [0.4, 0.5) is 0 Å². The highest BCUT2D eigenvalue weighted by Crippen LogP contribution is 2.28. The number of methoxy groups -OCH3 is 1. The van der Waals surface area contributed by atoms with Gasteiger partial charge in [0.1, 0.15) is 15.8 Å². The summed E-state index contributed by atoms with van der Waals surface area (Å²) in [6.45, 7) is 2.54. The third kappa shape index (κ3) is 2.45.